The molecule has 0 radical (unpaired) electrons. The predicted molar refractivity (Wildman–Crippen MR) is 68.2 cm³/mol. The maximum Gasteiger partial charge on any atom is 0.286 e. The Morgan fingerprint density at radius 3 is 2.85 bits per heavy atom. The van der Waals surface area contributed by atoms with Crippen molar-refractivity contribution in [3.05, 3.63) is 45.3 Å². The molecule has 0 unspecified atom stereocenters. The summed E-state index contributed by atoms with van der Waals surface area (Å²) in [7, 11) is 0. The number of halogens is 3. The number of aryl methyl sites for hydroxylation is 1. The van der Waals surface area contributed by atoms with Gasteiger partial charge in [-0.05, 0) is 0 Å². The van der Waals surface area contributed by atoms with Crippen LogP contribution in [0.1, 0.15) is 10.5 Å². The fourth-order valence-corrected chi connectivity index (χ4v) is 1.69. The molecule has 106 valence electrons. The number of carbonyl (C=O) groups excluding carboxylic acids is 1. The normalized spacial score (nSPS) is 10.6. The lowest BCUT2D eigenvalue weighted by atomic mass is 10.3. The molecule has 2 aromatic rings. The minimum absolute atomic E-state index is 0.0197. The van der Waals surface area contributed by atoms with E-state index in [1.807, 2.05) is 0 Å². The zero-order valence-electron chi connectivity index (χ0n) is 9.99. The number of nitrogens with one attached hydrogen (secondary N) is 2. The highest BCUT2D eigenvalue weighted by molar-refractivity contribution is 6.29. The summed E-state index contributed by atoms with van der Waals surface area (Å²) in [5, 5.41) is 8.38. The van der Waals surface area contributed by atoms with Gasteiger partial charge in [-0.25, -0.2) is 8.78 Å². The van der Waals surface area contributed by atoms with Gasteiger partial charge < -0.3 is 9.88 Å². The number of amides is 1. The van der Waals surface area contributed by atoms with Crippen molar-refractivity contribution in [3.8, 4) is 0 Å². The van der Waals surface area contributed by atoms with Gasteiger partial charge in [0.15, 0.2) is 11.0 Å². The molecule has 0 atom stereocenters. The average Bonchev–Trinajstić information content (AvgIpc) is 2.82. The van der Waals surface area contributed by atoms with Crippen LogP contribution in [0.2, 0.25) is 5.15 Å². The van der Waals surface area contributed by atoms with E-state index in [0.29, 0.717) is 0 Å². The zero-order chi connectivity index (χ0) is 14.7. The monoisotopic (exact) mass is 302 g/mol. The van der Waals surface area contributed by atoms with Crippen LogP contribution in [0, 0.1) is 5.82 Å². The van der Waals surface area contributed by atoms with Crippen molar-refractivity contribution in [1.29, 1.82) is 0 Å². The predicted octanol–water partition coefficient (Wildman–Crippen LogP) is 1.59. The van der Waals surface area contributed by atoms with Crippen LogP contribution < -0.4 is 10.9 Å². The first-order chi connectivity index (χ1) is 9.51. The van der Waals surface area contributed by atoms with Gasteiger partial charge in [0.05, 0.1) is 12.2 Å². The molecule has 9 heteroatoms. The molecule has 0 aliphatic rings. The van der Waals surface area contributed by atoms with Crippen molar-refractivity contribution in [3.63, 3.8) is 0 Å². The van der Waals surface area contributed by atoms with Gasteiger partial charge in [0.25, 0.3) is 11.5 Å². The van der Waals surface area contributed by atoms with Crippen molar-refractivity contribution in [2.24, 2.45) is 0 Å². The van der Waals surface area contributed by atoms with E-state index in [2.05, 4.69) is 15.5 Å². The molecule has 0 bridgehead atoms. The van der Waals surface area contributed by atoms with Crippen LogP contribution in [0.15, 0.2) is 23.1 Å². The number of anilines is 1. The fourth-order valence-electron chi connectivity index (χ4n) is 1.54. The van der Waals surface area contributed by atoms with Gasteiger partial charge in [0.2, 0.25) is 0 Å². The summed E-state index contributed by atoms with van der Waals surface area (Å²) >= 11 is 5.55. The highest BCUT2D eigenvalue weighted by Crippen LogP contribution is 2.10. The van der Waals surface area contributed by atoms with Crippen molar-refractivity contribution in [1.82, 2.24) is 14.8 Å². The van der Waals surface area contributed by atoms with E-state index >= 15 is 0 Å². The van der Waals surface area contributed by atoms with Crippen molar-refractivity contribution in [2.45, 2.75) is 6.54 Å². The Morgan fingerprint density at radius 2 is 2.25 bits per heavy atom. The topological polar surface area (TPSA) is 79.8 Å². The quantitative estimate of drug-likeness (QED) is 0.900. The molecule has 2 rings (SSSR count). The van der Waals surface area contributed by atoms with Crippen LogP contribution in [0.4, 0.5) is 14.5 Å². The first-order valence-electron chi connectivity index (χ1n) is 5.49. The first-order valence-corrected chi connectivity index (χ1v) is 5.87. The summed E-state index contributed by atoms with van der Waals surface area (Å²) in [6.07, 6.45) is 1.15. The summed E-state index contributed by atoms with van der Waals surface area (Å²) in [5.41, 5.74) is -0.866. The zero-order valence-corrected chi connectivity index (χ0v) is 10.7. The van der Waals surface area contributed by atoms with Crippen LogP contribution in [-0.2, 0) is 6.54 Å². The molecule has 0 aromatic carbocycles. The minimum atomic E-state index is -1.08. The number of rotatable bonds is 4. The van der Waals surface area contributed by atoms with Gasteiger partial charge in [0.1, 0.15) is 12.4 Å². The van der Waals surface area contributed by atoms with E-state index in [4.69, 9.17) is 11.6 Å². The van der Waals surface area contributed by atoms with Crippen molar-refractivity contribution < 1.29 is 13.6 Å². The summed E-state index contributed by atoms with van der Waals surface area (Å²) < 4.78 is 26.5. The Kier molecular flexibility index (Phi) is 4.14. The number of pyridine rings is 1. The molecule has 20 heavy (non-hydrogen) atoms. The molecule has 2 N–H and O–H groups in total. The van der Waals surface area contributed by atoms with Crippen molar-refractivity contribution >= 4 is 23.2 Å². The van der Waals surface area contributed by atoms with Gasteiger partial charge in [-0.2, -0.15) is 5.10 Å². The molecule has 0 aliphatic heterocycles. The summed E-state index contributed by atoms with van der Waals surface area (Å²) in [6, 6.07) is 2.14. The molecule has 6 nitrogen and oxygen atoms in total. The molecule has 2 heterocycles. The second kappa shape index (κ2) is 5.83. The number of alkyl halides is 1. The lowest BCUT2D eigenvalue weighted by molar-refractivity contribution is 0.102. The minimum Gasteiger partial charge on any atom is -0.319 e. The molecule has 0 saturated carbocycles. The first kappa shape index (κ1) is 14.2. The van der Waals surface area contributed by atoms with Crippen LogP contribution in [0.5, 0.6) is 0 Å². The number of carbonyl (C=O) groups is 1. The number of nitrogens with zero attached hydrogens (tertiary/aromatic N) is 2. The summed E-state index contributed by atoms with van der Waals surface area (Å²) in [5.74, 6) is -1.70. The van der Waals surface area contributed by atoms with E-state index in [0.717, 1.165) is 16.8 Å². The number of hydrogen-bond acceptors (Lipinski definition) is 3. The lowest BCUT2D eigenvalue weighted by Gasteiger charge is -2.08. The Morgan fingerprint density at radius 1 is 1.50 bits per heavy atom. The van der Waals surface area contributed by atoms with Gasteiger partial charge in [0, 0.05) is 18.3 Å². The Bertz CT molecular complexity index is 698. The Balaban J connectivity index is 2.25. The van der Waals surface area contributed by atoms with Crippen LogP contribution in [0.25, 0.3) is 0 Å². The third-order valence-electron chi connectivity index (χ3n) is 2.42. The number of H-pyrrole nitrogens is 1. The molecule has 0 spiro atoms. The Hall–Kier alpha value is -2.22. The standard InChI is InChI=1S/C11H9ClF2N4O2/c12-9-4-8(16-17-9)10(19)15-6-3-7(14)11(20)18(5-6)2-1-13/h3-5H,1-2H2,(H,15,19)(H,16,17). The summed E-state index contributed by atoms with van der Waals surface area (Å²) in [4.78, 5) is 23.1. The SMILES string of the molecule is O=C(Nc1cc(F)c(=O)n(CCF)c1)c1cc(Cl)n[nH]1. The van der Waals surface area contributed by atoms with E-state index in [1.165, 1.54) is 6.07 Å². The lowest BCUT2D eigenvalue weighted by Crippen LogP contribution is -2.25. The number of hydrogen-bond donors (Lipinski definition) is 2. The van der Waals surface area contributed by atoms with Gasteiger partial charge >= 0.3 is 0 Å². The third kappa shape index (κ3) is 3.02. The van der Waals surface area contributed by atoms with E-state index in [1.54, 1.807) is 0 Å². The number of aromatic nitrogens is 3. The second-order valence-electron chi connectivity index (χ2n) is 3.82. The van der Waals surface area contributed by atoms with Crippen LogP contribution in [0.3, 0.4) is 0 Å². The highest BCUT2D eigenvalue weighted by Gasteiger charge is 2.12. The maximum absolute atomic E-state index is 13.4. The van der Waals surface area contributed by atoms with Crippen LogP contribution in [-0.4, -0.2) is 27.3 Å². The van der Waals surface area contributed by atoms with Crippen LogP contribution >= 0.6 is 11.6 Å². The van der Waals surface area contributed by atoms with Gasteiger partial charge in [-0.1, -0.05) is 11.6 Å². The Labute approximate surface area is 116 Å². The van der Waals surface area contributed by atoms with Gasteiger partial charge in [-0.15, -0.1) is 0 Å². The average molecular weight is 303 g/mol. The smallest absolute Gasteiger partial charge is 0.286 e. The van der Waals surface area contributed by atoms with Gasteiger partial charge in [-0.3, -0.25) is 14.7 Å². The second-order valence-corrected chi connectivity index (χ2v) is 4.21. The molecule has 0 saturated heterocycles. The number of aromatic amines is 1. The molecule has 2 aromatic heterocycles. The highest BCUT2D eigenvalue weighted by atomic mass is 35.5. The van der Waals surface area contributed by atoms with E-state index < -0.39 is 24.0 Å². The molecular weight excluding hydrogens is 294 g/mol. The van der Waals surface area contributed by atoms with E-state index in [9.17, 15) is 18.4 Å². The largest absolute Gasteiger partial charge is 0.319 e. The molecule has 1 amide bonds. The molecular formula is C11H9ClF2N4O2. The molecule has 0 aliphatic carbocycles. The van der Waals surface area contributed by atoms with Crippen molar-refractivity contribution in [2.75, 3.05) is 12.0 Å². The third-order valence-corrected chi connectivity index (χ3v) is 2.61. The summed E-state index contributed by atoms with van der Waals surface area (Å²) in [6.45, 7) is -1.12. The maximum atomic E-state index is 13.4. The fraction of sp³-hybridized carbons (Fsp3) is 0.182. The molecule has 0 fully saturated rings. The van der Waals surface area contributed by atoms with E-state index in [-0.39, 0.29) is 23.1 Å².